The molecule has 2 aromatic rings. The van der Waals surface area contributed by atoms with Crippen LogP contribution in [-0.4, -0.2) is 37.3 Å². The van der Waals surface area contributed by atoms with Gasteiger partial charge in [0, 0.05) is 11.1 Å². The van der Waals surface area contributed by atoms with Gasteiger partial charge in [-0.25, -0.2) is 15.6 Å². The highest BCUT2D eigenvalue weighted by molar-refractivity contribution is 6.36. The van der Waals surface area contributed by atoms with Gasteiger partial charge in [-0.2, -0.15) is 5.10 Å². The maximum Gasteiger partial charge on any atom is 0.345 e. The van der Waals surface area contributed by atoms with Crippen LogP contribution in [0.25, 0.3) is 0 Å². The molecule has 1 saturated heterocycles. The average molecular weight is 493 g/mol. The first-order chi connectivity index (χ1) is 15.6. The van der Waals surface area contributed by atoms with E-state index in [1.165, 1.54) is 25.5 Å². The van der Waals surface area contributed by atoms with Gasteiger partial charge in [-0.3, -0.25) is 10.2 Å². The van der Waals surface area contributed by atoms with E-state index in [4.69, 9.17) is 32.7 Å². The average Bonchev–Trinajstić information content (AvgIpc) is 3.25. The highest BCUT2D eigenvalue weighted by Crippen LogP contribution is 2.30. The highest BCUT2D eigenvalue weighted by atomic mass is 35.5. The number of methoxy groups -OCH3 is 1. The van der Waals surface area contributed by atoms with Crippen molar-refractivity contribution in [3.05, 3.63) is 57.6 Å². The zero-order valence-electron chi connectivity index (χ0n) is 18.7. The molecular weight excluding hydrogens is 467 g/mol. The van der Waals surface area contributed by atoms with Crippen LogP contribution in [0, 0.1) is 5.41 Å². The summed E-state index contributed by atoms with van der Waals surface area (Å²) < 4.78 is 10.8. The number of rotatable bonds is 6. The van der Waals surface area contributed by atoms with Gasteiger partial charge in [0.2, 0.25) is 0 Å². The summed E-state index contributed by atoms with van der Waals surface area (Å²) in [7, 11) is 1.45. The SMILES string of the molecule is COc1cc(/C=N/NC(=O)C2CC(C(C)(C)C)NN2)ccc1OC(=O)c1ccc(Cl)cc1Cl. The summed E-state index contributed by atoms with van der Waals surface area (Å²) in [6.45, 7) is 6.34. The molecule has 1 aliphatic rings. The Kier molecular flexibility index (Phi) is 7.97. The Labute approximate surface area is 202 Å². The van der Waals surface area contributed by atoms with Crippen molar-refractivity contribution < 1.29 is 19.1 Å². The van der Waals surface area contributed by atoms with Crippen molar-refractivity contribution in [3.8, 4) is 11.5 Å². The van der Waals surface area contributed by atoms with Gasteiger partial charge in [0.25, 0.3) is 5.91 Å². The summed E-state index contributed by atoms with van der Waals surface area (Å²) in [6, 6.07) is 9.19. The predicted molar refractivity (Wildman–Crippen MR) is 128 cm³/mol. The number of esters is 1. The second-order valence-electron chi connectivity index (χ2n) is 8.65. The zero-order chi connectivity index (χ0) is 24.2. The standard InChI is InChI=1S/C23H26Cl2N4O4/c1-23(2,3)20-11-17(27-28-20)21(30)29-26-12-13-5-8-18(19(9-13)32-4)33-22(31)15-7-6-14(24)10-16(15)25/h5-10,12,17,20,27-28H,11H2,1-4H3,(H,29,30)/b26-12+. The van der Waals surface area contributed by atoms with Gasteiger partial charge in [0.15, 0.2) is 11.5 Å². The third kappa shape index (κ3) is 6.45. The maximum atomic E-state index is 12.5. The number of hydrazine groups is 1. The van der Waals surface area contributed by atoms with Gasteiger partial charge in [0.1, 0.15) is 6.04 Å². The van der Waals surface area contributed by atoms with Crippen LogP contribution in [0.15, 0.2) is 41.5 Å². The van der Waals surface area contributed by atoms with Crippen LogP contribution in [0.3, 0.4) is 0 Å². The van der Waals surface area contributed by atoms with Crippen molar-refractivity contribution in [3.63, 3.8) is 0 Å². The Morgan fingerprint density at radius 1 is 1.12 bits per heavy atom. The van der Waals surface area contributed by atoms with Crippen LogP contribution in [0.2, 0.25) is 10.0 Å². The Morgan fingerprint density at radius 2 is 1.88 bits per heavy atom. The first kappa shape index (κ1) is 25.0. The topological polar surface area (TPSA) is 101 Å². The second kappa shape index (κ2) is 10.5. The highest BCUT2D eigenvalue weighted by Gasteiger charge is 2.35. The molecule has 1 aliphatic heterocycles. The normalized spacial score (nSPS) is 18.4. The number of benzene rings is 2. The fourth-order valence-electron chi connectivity index (χ4n) is 3.20. The number of nitrogens with one attached hydrogen (secondary N) is 3. The number of amides is 1. The Morgan fingerprint density at radius 3 is 2.52 bits per heavy atom. The number of hydrogen-bond acceptors (Lipinski definition) is 7. The van der Waals surface area contributed by atoms with E-state index in [0.717, 1.165) is 0 Å². The second-order valence-corrected chi connectivity index (χ2v) is 9.50. The van der Waals surface area contributed by atoms with E-state index < -0.39 is 5.97 Å². The molecule has 0 aliphatic carbocycles. The molecule has 0 saturated carbocycles. The van der Waals surface area contributed by atoms with Gasteiger partial charge >= 0.3 is 5.97 Å². The third-order valence-corrected chi connectivity index (χ3v) is 5.74. The Bertz CT molecular complexity index is 1070. The van der Waals surface area contributed by atoms with E-state index in [-0.39, 0.29) is 39.7 Å². The molecule has 1 fully saturated rings. The van der Waals surface area contributed by atoms with Crippen LogP contribution >= 0.6 is 23.2 Å². The van der Waals surface area contributed by atoms with Crippen LogP contribution < -0.4 is 25.8 Å². The van der Waals surface area contributed by atoms with Gasteiger partial charge in [-0.15, -0.1) is 0 Å². The zero-order valence-corrected chi connectivity index (χ0v) is 20.3. The monoisotopic (exact) mass is 492 g/mol. The lowest BCUT2D eigenvalue weighted by Crippen LogP contribution is -2.43. The van der Waals surface area contributed by atoms with Crippen molar-refractivity contribution in [2.75, 3.05) is 7.11 Å². The minimum Gasteiger partial charge on any atom is -0.493 e. The van der Waals surface area contributed by atoms with E-state index in [1.807, 2.05) is 0 Å². The number of carbonyl (C=O) groups is 2. The van der Waals surface area contributed by atoms with Crippen molar-refractivity contribution in [1.82, 2.24) is 16.3 Å². The van der Waals surface area contributed by atoms with Crippen LogP contribution in [-0.2, 0) is 4.79 Å². The molecule has 10 heteroatoms. The number of hydrazone groups is 1. The molecule has 0 spiro atoms. The minimum atomic E-state index is -0.644. The molecule has 1 amide bonds. The van der Waals surface area contributed by atoms with Gasteiger partial charge < -0.3 is 9.47 Å². The molecule has 2 unspecified atom stereocenters. The predicted octanol–water partition coefficient (Wildman–Crippen LogP) is 3.95. The fourth-order valence-corrected chi connectivity index (χ4v) is 3.69. The molecule has 3 N–H and O–H groups in total. The molecule has 2 aromatic carbocycles. The summed E-state index contributed by atoms with van der Waals surface area (Å²) in [6.07, 6.45) is 2.14. The molecule has 1 heterocycles. The number of halogens is 2. The Balaban J connectivity index is 1.62. The largest absolute Gasteiger partial charge is 0.493 e. The molecule has 2 atom stereocenters. The smallest absolute Gasteiger partial charge is 0.345 e. The third-order valence-electron chi connectivity index (χ3n) is 5.19. The molecule has 8 nitrogen and oxygen atoms in total. The number of nitrogens with zero attached hydrogens (tertiary/aromatic N) is 1. The summed E-state index contributed by atoms with van der Waals surface area (Å²) >= 11 is 11.9. The first-order valence-corrected chi connectivity index (χ1v) is 11.0. The van der Waals surface area contributed by atoms with Gasteiger partial charge in [-0.1, -0.05) is 44.0 Å². The molecular formula is C23H26Cl2N4O4. The number of hydrogen-bond donors (Lipinski definition) is 3. The number of carbonyl (C=O) groups excluding carboxylic acids is 2. The fraction of sp³-hybridized carbons (Fsp3) is 0.348. The van der Waals surface area contributed by atoms with E-state index in [1.54, 1.807) is 24.3 Å². The van der Waals surface area contributed by atoms with Crippen molar-refractivity contribution in [1.29, 1.82) is 0 Å². The van der Waals surface area contributed by atoms with Crippen molar-refractivity contribution in [2.24, 2.45) is 10.5 Å². The van der Waals surface area contributed by atoms with E-state index >= 15 is 0 Å². The van der Waals surface area contributed by atoms with Crippen LogP contribution in [0.1, 0.15) is 43.1 Å². The first-order valence-electron chi connectivity index (χ1n) is 10.3. The van der Waals surface area contributed by atoms with Crippen LogP contribution in [0.4, 0.5) is 0 Å². The Hall–Kier alpha value is -2.65. The van der Waals surface area contributed by atoms with E-state index in [0.29, 0.717) is 22.8 Å². The molecule has 0 aromatic heterocycles. The van der Waals surface area contributed by atoms with Crippen LogP contribution in [0.5, 0.6) is 11.5 Å². The quantitative estimate of drug-likeness (QED) is 0.244. The summed E-state index contributed by atoms with van der Waals surface area (Å²) in [5.74, 6) is -0.347. The summed E-state index contributed by atoms with van der Waals surface area (Å²) in [4.78, 5) is 24.8. The number of ether oxygens (including phenoxy) is 2. The lowest BCUT2D eigenvalue weighted by atomic mass is 9.84. The lowest BCUT2D eigenvalue weighted by molar-refractivity contribution is -0.122. The summed E-state index contributed by atoms with van der Waals surface area (Å²) in [5, 5.41) is 4.62. The van der Waals surface area contributed by atoms with Crippen molar-refractivity contribution >= 4 is 41.3 Å². The van der Waals surface area contributed by atoms with Crippen molar-refractivity contribution in [2.45, 2.75) is 39.3 Å². The maximum absolute atomic E-state index is 12.5. The minimum absolute atomic E-state index is 0.0337. The van der Waals surface area contributed by atoms with E-state index in [9.17, 15) is 9.59 Å². The van der Waals surface area contributed by atoms with Gasteiger partial charge in [-0.05, 0) is 53.8 Å². The van der Waals surface area contributed by atoms with E-state index in [2.05, 4.69) is 42.1 Å². The van der Waals surface area contributed by atoms with Gasteiger partial charge in [0.05, 0.1) is 23.9 Å². The molecule has 0 bridgehead atoms. The lowest BCUT2D eigenvalue weighted by Gasteiger charge is -2.25. The molecule has 33 heavy (non-hydrogen) atoms. The summed E-state index contributed by atoms with van der Waals surface area (Å²) in [5.41, 5.74) is 9.55. The molecule has 3 rings (SSSR count). The molecule has 176 valence electrons. The molecule has 0 radical (unpaired) electrons.